The third kappa shape index (κ3) is 3.20. The normalized spacial score (nSPS) is 11.0. The Balaban J connectivity index is 1.73. The average Bonchev–Trinajstić information content (AvgIpc) is 3.09. The van der Waals surface area contributed by atoms with Gasteiger partial charge in [-0.05, 0) is 60.2 Å². The maximum Gasteiger partial charge on any atom is 0.185 e. The largest absolute Gasteiger partial charge is 0.324 e. The highest BCUT2D eigenvalue weighted by Gasteiger charge is 2.02. The third-order valence-corrected chi connectivity index (χ3v) is 3.35. The van der Waals surface area contributed by atoms with E-state index in [1.54, 1.807) is 30.3 Å². The number of ketones is 1. The average molecular weight is 291 g/mol. The maximum absolute atomic E-state index is 12.8. The lowest BCUT2D eigenvalue weighted by molar-refractivity contribution is 0.104. The van der Waals surface area contributed by atoms with Crippen LogP contribution in [0.5, 0.6) is 0 Å². The molecule has 0 spiro atoms. The number of carbonyl (C=O) groups excluding carboxylic acids is 1. The van der Waals surface area contributed by atoms with Gasteiger partial charge in [0.1, 0.15) is 5.82 Å². The van der Waals surface area contributed by atoms with Crippen molar-refractivity contribution in [2.75, 3.05) is 0 Å². The molecule has 3 rings (SSSR count). The van der Waals surface area contributed by atoms with Crippen LogP contribution in [0.1, 0.15) is 15.9 Å². The SMILES string of the molecule is O=C(/C=C/c1ccc(F)cc1)c1ccc(-n2cccc2)cc1. The summed E-state index contributed by atoms with van der Waals surface area (Å²) in [7, 11) is 0. The van der Waals surface area contributed by atoms with Crippen molar-refractivity contribution in [1.82, 2.24) is 4.57 Å². The van der Waals surface area contributed by atoms with E-state index in [-0.39, 0.29) is 11.6 Å². The maximum atomic E-state index is 12.8. The lowest BCUT2D eigenvalue weighted by Gasteiger charge is -2.03. The molecule has 108 valence electrons. The first-order valence-corrected chi connectivity index (χ1v) is 6.94. The van der Waals surface area contributed by atoms with Gasteiger partial charge in [-0.1, -0.05) is 18.2 Å². The molecule has 0 fully saturated rings. The van der Waals surface area contributed by atoms with Gasteiger partial charge in [0.2, 0.25) is 0 Å². The second-order valence-electron chi connectivity index (χ2n) is 4.89. The number of rotatable bonds is 4. The zero-order valence-electron chi connectivity index (χ0n) is 11.8. The summed E-state index contributed by atoms with van der Waals surface area (Å²) in [6, 6.07) is 17.3. The van der Waals surface area contributed by atoms with Crippen LogP contribution in [0.25, 0.3) is 11.8 Å². The number of halogens is 1. The fourth-order valence-electron chi connectivity index (χ4n) is 2.15. The quantitative estimate of drug-likeness (QED) is 0.512. The first-order valence-electron chi connectivity index (χ1n) is 6.94. The van der Waals surface area contributed by atoms with Crippen LogP contribution in [0.3, 0.4) is 0 Å². The van der Waals surface area contributed by atoms with Gasteiger partial charge in [-0.15, -0.1) is 0 Å². The Bertz CT molecular complexity index is 784. The second-order valence-corrected chi connectivity index (χ2v) is 4.89. The van der Waals surface area contributed by atoms with E-state index in [9.17, 15) is 9.18 Å². The monoisotopic (exact) mass is 291 g/mol. The Morgan fingerprint density at radius 3 is 2.18 bits per heavy atom. The van der Waals surface area contributed by atoms with Gasteiger partial charge in [-0.3, -0.25) is 4.79 Å². The van der Waals surface area contributed by atoms with Crippen molar-refractivity contribution in [3.8, 4) is 5.69 Å². The van der Waals surface area contributed by atoms with Crippen LogP contribution in [-0.4, -0.2) is 10.4 Å². The Morgan fingerprint density at radius 2 is 1.55 bits per heavy atom. The number of nitrogens with zero attached hydrogens (tertiary/aromatic N) is 1. The van der Waals surface area contributed by atoms with Gasteiger partial charge in [0.25, 0.3) is 0 Å². The Hall–Kier alpha value is -2.94. The van der Waals surface area contributed by atoms with Crippen molar-refractivity contribution in [3.05, 3.63) is 96.1 Å². The smallest absolute Gasteiger partial charge is 0.185 e. The molecule has 22 heavy (non-hydrogen) atoms. The van der Waals surface area contributed by atoms with E-state index in [0.717, 1.165) is 11.3 Å². The van der Waals surface area contributed by atoms with E-state index in [4.69, 9.17) is 0 Å². The van der Waals surface area contributed by atoms with Gasteiger partial charge in [0.05, 0.1) is 0 Å². The summed E-state index contributed by atoms with van der Waals surface area (Å²) in [6.07, 6.45) is 7.08. The second kappa shape index (κ2) is 6.22. The molecular formula is C19H14FNO. The van der Waals surface area contributed by atoms with Gasteiger partial charge in [0.15, 0.2) is 5.78 Å². The summed E-state index contributed by atoms with van der Waals surface area (Å²) < 4.78 is 14.8. The fraction of sp³-hybridized carbons (Fsp3) is 0. The summed E-state index contributed by atoms with van der Waals surface area (Å²) >= 11 is 0. The molecule has 0 amide bonds. The molecule has 3 aromatic rings. The number of hydrogen-bond donors (Lipinski definition) is 0. The minimum Gasteiger partial charge on any atom is -0.324 e. The van der Waals surface area contributed by atoms with Crippen molar-refractivity contribution >= 4 is 11.9 Å². The van der Waals surface area contributed by atoms with Crippen LogP contribution in [0.2, 0.25) is 0 Å². The molecule has 2 aromatic carbocycles. The molecular weight excluding hydrogens is 277 g/mol. The highest BCUT2D eigenvalue weighted by atomic mass is 19.1. The van der Waals surface area contributed by atoms with Gasteiger partial charge in [0, 0.05) is 23.6 Å². The first kappa shape index (κ1) is 14.0. The number of carbonyl (C=O) groups is 1. The molecule has 2 nitrogen and oxygen atoms in total. The molecule has 0 aliphatic carbocycles. The summed E-state index contributed by atoms with van der Waals surface area (Å²) in [6.45, 7) is 0. The van der Waals surface area contributed by atoms with Crippen molar-refractivity contribution in [2.24, 2.45) is 0 Å². The summed E-state index contributed by atoms with van der Waals surface area (Å²) in [4.78, 5) is 12.1. The van der Waals surface area contributed by atoms with Gasteiger partial charge in [-0.25, -0.2) is 4.39 Å². The number of aromatic nitrogens is 1. The van der Waals surface area contributed by atoms with Gasteiger partial charge < -0.3 is 4.57 Å². The number of allylic oxidation sites excluding steroid dienone is 1. The van der Waals surface area contributed by atoms with Crippen molar-refractivity contribution < 1.29 is 9.18 Å². The molecule has 1 heterocycles. The predicted molar refractivity (Wildman–Crippen MR) is 85.5 cm³/mol. The first-order chi connectivity index (χ1) is 10.7. The minimum absolute atomic E-state index is 0.0802. The zero-order chi connectivity index (χ0) is 15.4. The van der Waals surface area contributed by atoms with Crippen LogP contribution in [0.4, 0.5) is 4.39 Å². The molecule has 0 aliphatic rings. The summed E-state index contributed by atoms with van der Waals surface area (Å²) in [5.41, 5.74) is 2.41. The van der Waals surface area contributed by atoms with Gasteiger partial charge in [-0.2, -0.15) is 0 Å². The molecule has 0 saturated heterocycles. The zero-order valence-corrected chi connectivity index (χ0v) is 11.8. The minimum atomic E-state index is -0.288. The Morgan fingerprint density at radius 1 is 0.909 bits per heavy atom. The predicted octanol–water partition coefficient (Wildman–Crippen LogP) is 4.51. The van der Waals surface area contributed by atoms with E-state index >= 15 is 0 Å². The van der Waals surface area contributed by atoms with Crippen LogP contribution < -0.4 is 0 Å². The standard InChI is InChI=1S/C19H14FNO/c20-17-8-3-15(4-9-17)5-12-19(22)16-6-10-18(11-7-16)21-13-1-2-14-21/h1-14H/b12-5+. The highest BCUT2D eigenvalue weighted by molar-refractivity contribution is 6.06. The van der Waals surface area contributed by atoms with E-state index in [1.807, 2.05) is 41.2 Å². The van der Waals surface area contributed by atoms with Crippen molar-refractivity contribution in [1.29, 1.82) is 0 Å². The topological polar surface area (TPSA) is 22.0 Å². The Labute approximate surface area is 128 Å². The lowest BCUT2D eigenvalue weighted by Crippen LogP contribution is -1.96. The van der Waals surface area contributed by atoms with Crippen LogP contribution in [0.15, 0.2) is 79.1 Å². The van der Waals surface area contributed by atoms with E-state index < -0.39 is 0 Å². The molecule has 1 aromatic heterocycles. The molecule has 3 heteroatoms. The molecule has 0 bridgehead atoms. The molecule has 0 radical (unpaired) electrons. The van der Waals surface area contributed by atoms with Crippen molar-refractivity contribution in [3.63, 3.8) is 0 Å². The molecule has 0 unspecified atom stereocenters. The van der Waals surface area contributed by atoms with E-state index in [0.29, 0.717) is 5.56 Å². The summed E-state index contributed by atoms with van der Waals surface area (Å²) in [5, 5.41) is 0. The van der Waals surface area contributed by atoms with Crippen LogP contribution in [0, 0.1) is 5.82 Å². The molecule has 0 N–H and O–H groups in total. The van der Waals surface area contributed by atoms with Crippen LogP contribution in [-0.2, 0) is 0 Å². The van der Waals surface area contributed by atoms with E-state index in [1.165, 1.54) is 18.2 Å². The number of benzene rings is 2. The Kier molecular flexibility index (Phi) is 3.97. The highest BCUT2D eigenvalue weighted by Crippen LogP contribution is 2.12. The molecule has 0 saturated carbocycles. The summed E-state index contributed by atoms with van der Waals surface area (Å²) in [5.74, 6) is -0.368. The number of hydrogen-bond acceptors (Lipinski definition) is 1. The van der Waals surface area contributed by atoms with Gasteiger partial charge >= 0.3 is 0 Å². The van der Waals surface area contributed by atoms with Crippen LogP contribution >= 0.6 is 0 Å². The van der Waals surface area contributed by atoms with E-state index in [2.05, 4.69) is 0 Å². The van der Waals surface area contributed by atoms with Crippen molar-refractivity contribution in [2.45, 2.75) is 0 Å². The molecule has 0 atom stereocenters. The molecule has 0 aliphatic heterocycles. The third-order valence-electron chi connectivity index (χ3n) is 3.35. The fourth-order valence-corrected chi connectivity index (χ4v) is 2.15. The lowest BCUT2D eigenvalue weighted by atomic mass is 10.1.